The average Bonchev–Trinajstić information content (AvgIpc) is 2.52. The first-order valence-corrected chi connectivity index (χ1v) is 10.6. The summed E-state index contributed by atoms with van der Waals surface area (Å²) in [4.78, 5) is 15.7. The Hall–Kier alpha value is -0.870. The third-order valence-electron chi connectivity index (χ3n) is 4.12. The van der Waals surface area contributed by atoms with E-state index >= 15 is 0 Å². The largest absolute Gasteiger partial charge is 0.332 e. The molecule has 0 bridgehead atoms. The first kappa shape index (κ1) is 18.5. The molecule has 1 aliphatic rings. The van der Waals surface area contributed by atoms with E-state index in [1.807, 2.05) is 12.1 Å². The van der Waals surface area contributed by atoms with Gasteiger partial charge in [0.1, 0.15) is 6.54 Å². The molecular formula is C15H23IN3O3S+. The highest BCUT2D eigenvalue weighted by molar-refractivity contribution is 14.1. The lowest BCUT2D eigenvalue weighted by Crippen LogP contribution is -3.14. The van der Waals surface area contributed by atoms with Gasteiger partial charge in [-0.25, -0.2) is 8.42 Å². The van der Waals surface area contributed by atoms with Crippen LogP contribution in [0.1, 0.15) is 6.92 Å². The number of hydrogen-bond acceptors (Lipinski definition) is 3. The number of likely N-dealkylation sites (N-methyl/N-ethyl adjacent to an activating group) is 1. The normalized spacial score (nSPS) is 16.4. The first-order chi connectivity index (χ1) is 10.8. The second-order valence-corrected chi connectivity index (χ2v) is 8.88. The van der Waals surface area contributed by atoms with Crippen molar-refractivity contribution in [1.29, 1.82) is 0 Å². The van der Waals surface area contributed by atoms with Crippen LogP contribution in [0.15, 0.2) is 24.3 Å². The topological polar surface area (TPSA) is 62.1 Å². The number of nitrogens with zero attached hydrogens (tertiary/aromatic N) is 2. The van der Waals surface area contributed by atoms with Crippen molar-refractivity contribution in [3.63, 3.8) is 0 Å². The fourth-order valence-corrected chi connectivity index (χ4v) is 3.87. The predicted octanol–water partition coefficient (Wildman–Crippen LogP) is -0.196. The first-order valence-electron chi connectivity index (χ1n) is 7.66. The van der Waals surface area contributed by atoms with Crippen LogP contribution in [-0.2, 0) is 14.8 Å². The van der Waals surface area contributed by atoms with Crippen molar-refractivity contribution in [3.05, 3.63) is 27.8 Å². The van der Waals surface area contributed by atoms with Crippen LogP contribution in [0.2, 0.25) is 0 Å². The molecule has 0 aliphatic carbocycles. The van der Waals surface area contributed by atoms with E-state index in [4.69, 9.17) is 0 Å². The molecule has 8 heteroatoms. The number of carbonyl (C=O) groups is 1. The molecule has 1 aliphatic heterocycles. The number of quaternary nitrogens is 1. The number of benzene rings is 1. The summed E-state index contributed by atoms with van der Waals surface area (Å²) < 4.78 is 26.4. The van der Waals surface area contributed by atoms with Crippen LogP contribution in [0.5, 0.6) is 0 Å². The summed E-state index contributed by atoms with van der Waals surface area (Å²) in [5.74, 6) is -0.135. The fourth-order valence-electron chi connectivity index (χ4n) is 2.66. The zero-order chi connectivity index (χ0) is 17.0. The van der Waals surface area contributed by atoms with Crippen LogP contribution in [0.4, 0.5) is 5.69 Å². The van der Waals surface area contributed by atoms with E-state index in [1.165, 1.54) is 9.21 Å². The molecule has 23 heavy (non-hydrogen) atoms. The van der Waals surface area contributed by atoms with Crippen LogP contribution in [0.25, 0.3) is 0 Å². The highest BCUT2D eigenvalue weighted by Crippen LogP contribution is 2.19. The lowest BCUT2D eigenvalue weighted by Gasteiger charge is -2.33. The third-order valence-corrected chi connectivity index (χ3v) is 5.98. The zero-order valence-electron chi connectivity index (χ0n) is 13.5. The van der Waals surface area contributed by atoms with Gasteiger partial charge >= 0.3 is 0 Å². The molecule has 6 nitrogen and oxygen atoms in total. The number of hydrogen-bond donors (Lipinski definition) is 1. The van der Waals surface area contributed by atoms with Crippen molar-refractivity contribution in [2.24, 2.45) is 0 Å². The lowest BCUT2D eigenvalue weighted by molar-refractivity contribution is -0.902. The highest BCUT2D eigenvalue weighted by Gasteiger charge is 2.27. The third kappa shape index (κ3) is 5.05. The number of carbonyl (C=O) groups excluding carboxylic acids is 1. The van der Waals surface area contributed by atoms with Crippen molar-refractivity contribution in [2.75, 3.05) is 49.8 Å². The molecule has 1 heterocycles. The molecule has 1 saturated heterocycles. The minimum atomic E-state index is -3.50. The van der Waals surface area contributed by atoms with Crippen molar-refractivity contribution < 1.29 is 18.1 Å². The van der Waals surface area contributed by atoms with Crippen molar-refractivity contribution in [3.8, 4) is 0 Å². The van der Waals surface area contributed by atoms with Gasteiger partial charge < -0.3 is 9.80 Å². The van der Waals surface area contributed by atoms with E-state index in [9.17, 15) is 13.2 Å². The van der Waals surface area contributed by atoms with Crippen LogP contribution in [-0.4, -0.2) is 64.7 Å². The summed E-state index contributed by atoms with van der Waals surface area (Å²) in [7, 11) is -3.50. The average molecular weight is 452 g/mol. The maximum absolute atomic E-state index is 12.5. The predicted molar refractivity (Wildman–Crippen MR) is 99.2 cm³/mol. The van der Waals surface area contributed by atoms with Crippen LogP contribution < -0.4 is 9.21 Å². The SMILES string of the molecule is CC[NH+]1CCN(C(=O)CN(c2ccc(I)cc2)S(C)(=O)=O)CC1. The number of amides is 1. The number of sulfonamides is 1. The van der Waals surface area contributed by atoms with E-state index in [0.717, 1.165) is 29.5 Å². The summed E-state index contributed by atoms with van der Waals surface area (Å²) >= 11 is 2.16. The Morgan fingerprint density at radius 1 is 1.26 bits per heavy atom. The van der Waals surface area contributed by atoms with Gasteiger partial charge in [0.25, 0.3) is 0 Å². The Kier molecular flexibility index (Phi) is 6.26. The van der Waals surface area contributed by atoms with Crippen LogP contribution in [0, 0.1) is 3.57 Å². The van der Waals surface area contributed by atoms with E-state index in [-0.39, 0.29) is 12.5 Å². The Balaban J connectivity index is 2.10. The smallest absolute Gasteiger partial charge is 0.243 e. The molecule has 1 fully saturated rings. The van der Waals surface area contributed by atoms with Gasteiger partial charge in [-0.15, -0.1) is 0 Å². The van der Waals surface area contributed by atoms with Gasteiger partial charge in [-0.2, -0.15) is 0 Å². The Morgan fingerprint density at radius 2 is 1.83 bits per heavy atom. The second-order valence-electron chi connectivity index (χ2n) is 5.73. The summed E-state index contributed by atoms with van der Waals surface area (Å²) in [5.41, 5.74) is 0.527. The van der Waals surface area contributed by atoms with Gasteiger partial charge in [0.05, 0.1) is 44.7 Å². The standard InChI is InChI=1S/C15H22IN3O3S/c1-3-17-8-10-18(11-9-17)15(20)12-19(23(2,21)22)14-6-4-13(16)5-7-14/h4-7H,3,8-12H2,1-2H3/p+1. The molecular weight excluding hydrogens is 429 g/mol. The second kappa shape index (κ2) is 7.80. The monoisotopic (exact) mass is 452 g/mol. The highest BCUT2D eigenvalue weighted by atomic mass is 127. The molecule has 0 saturated carbocycles. The van der Waals surface area contributed by atoms with Gasteiger partial charge in [0.2, 0.25) is 15.9 Å². The number of anilines is 1. The lowest BCUT2D eigenvalue weighted by atomic mass is 10.3. The Labute approximate surface area is 151 Å². The molecule has 2 rings (SSSR count). The van der Waals surface area contributed by atoms with Gasteiger partial charge in [0, 0.05) is 3.57 Å². The molecule has 128 valence electrons. The number of piperazine rings is 1. The molecule has 0 radical (unpaired) electrons. The number of halogens is 1. The summed E-state index contributed by atoms with van der Waals surface area (Å²) in [5, 5.41) is 0. The summed E-state index contributed by atoms with van der Waals surface area (Å²) in [6.45, 7) is 6.27. The number of nitrogens with one attached hydrogen (secondary N) is 1. The number of rotatable bonds is 5. The van der Waals surface area contributed by atoms with E-state index in [1.54, 1.807) is 17.0 Å². The molecule has 1 N–H and O–H groups in total. The van der Waals surface area contributed by atoms with Gasteiger partial charge in [-0.3, -0.25) is 9.10 Å². The molecule has 0 aromatic heterocycles. The molecule has 1 aromatic carbocycles. The minimum absolute atomic E-state index is 0.135. The van der Waals surface area contributed by atoms with Crippen molar-refractivity contribution >= 4 is 44.2 Å². The van der Waals surface area contributed by atoms with E-state index in [0.29, 0.717) is 18.8 Å². The van der Waals surface area contributed by atoms with Gasteiger partial charge in [0.15, 0.2) is 0 Å². The quantitative estimate of drug-likeness (QED) is 0.630. The molecule has 0 spiro atoms. The summed E-state index contributed by atoms with van der Waals surface area (Å²) in [6, 6.07) is 7.13. The summed E-state index contributed by atoms with van der Waals surface area (Å²) in [6.07, 6.45) is 1.14. The van der Waals surface area contributed by atoms with Crippen LogP contribution >= 0.6 is 22.6 Å². The van der Waals surface area contributed by atoms with Gasteiger partial charge in [-0.1, -0.05) is 0 Å². The minimum Gasteiger partial charge on any atom is -0.332 e. The molecule has 0 unspecified atom stereocenters. The molecule has 1 aromatic rings. The Morgan fingerprint density at radius 3 is 2.30 bits per heavy atom. The molecule has 0 atom stereocenters. The Bertz CT molecular complexity index is 640. The van der Waals surface area contributed by atoms with E-state index < -0.39 is 10.0 Å². The maximum Gasteiger partial charge on any atom is 0.243 e. The van der Waals surface area contributed by atoms with Gasteiger partial charge in [-0.05, 0) is 53.8 Å². The van der Waals surface area contributed by atoms with E-state index in [2.05, 4.69) is 29.5 Å². The fraction of sp³-hybridized carbons (Fsp3) is 0.533. The van der Waals surface area contributed by atoms with Crippen molar-refractivity contribution in [1.82, 2.24) is 4.90 Å². The zero-order valence-corrected chi connectivity index (χ0v) is 16.4. The molecule has 1 amide bonds. The van der Waals surface area contributed by atoms with Crippen LogP contribution in [0.3, 0.4) is 0 Å². The van der Waals surface area contributed by atoms with Crippen molar-refractivity contribution in [2.45, 2.75) is 6.92 Å². The maximum atomic E-state index is 12.5.